The monoisotopic (exact) mass is 296 g/mol. The Hall–Kier alpha value is -0.250. The molecule has 1 atom stereocenters. The lowest BCUT2D eigenvalue weighted by Crippen LogP contribution is -2.08. The maximum absolute atomic E-state index is 11.1. The van der Waals surface area contributed by atoms with E-state index in [9.17, 15) is 4.79 Å². The maximum Gasteiger partial charge on any atom is 0.328 e. The molecule has 76 valence electrons. The molecule has 0 heterocycles. The Morgan fingerprint density at radius 2 is 2.21 bits per heavy atom. The Bertz CT molecular complexity index is 355. The predicted octanol–water partition coefficient (Wildman–Crippen LogP) is 3.56. The molecule has 0 spiro atoms. The van der Waals surface area contributed by atoms with E-state index in [1.54, 1.807) is 18.2 Å². The van der Waals surface area contributed by atoms with Crippen LogP contribution in [0.4, 0.5) is 0 Å². The zero-order valence-electron chi connectivity index (χ0n) is 7.26. The number of esters is 1. The molecule has 0 N–H and O–H groups in total. The molecular weight excluding hydrogens is 291 g/mol. The van der Waals surface area contributed by atoms with Gasteiger partial charge in [-0.1, -0.05) is 17.7 Å². The van der Waals surface area contributed by atoms with Gasteiger partial charge in [0.05, 0.1) is 12.1 Å². The normalized spacial score (nSPS) is 12.3. The standard InChI is InChI=1S/C9H7BrCl2O2/c1-14-9(13)8(12)5-2-3-7(11)6(10)4-5/h2-4,8H,1H3. The summed E-state index contributed by atoms with van der Waals surface area (Å²) in [5, 5.41) is -0.226. The van der Waals surface area contributed by atoms with E-state index in [4.69, 9.17) is 23.2 Å². The van der Waals surface area contributed by atoms with Crippen LogP contribution in [-0.2, 0) is 9.53 Å². The molecule has 1 unspecified atom stereocenters. The molecule has 14 heavy (non-hydrogen) atoms. The number of halogens is 3. The Labute approximate surface area is 100 Å². The molecule has 0 aromatic heterocycles. The molecule has 1 aromatic rings. The lowest BCUT2D eigenvalue weighted by molar-refractivity contribution is -0.140. The minimum Gasteiger partial charge on any atom is -0.468 e. The van der Waals surface area contributed by atoms with Crippen LogP contribution >= 0.6 is 39.1 Å². The first-order valence-corrected chi connectivity index (χ1v) is 5.34. The Balaban J connectivity index is 2.96. The number of carbonyl (C=O) groups is 1. The molecular formula is C9H7BrCl2O2. The number of rotatable bonds is 2. The van der Waals surface area contributed by atoms with E-state index in [1.807, 2.05) is 0 Å². The van der Waals surface area contributed by atoms with Gasteiger partial charge in [0.25, 0.3) is 0 Å². The van der Waals surface area contributed by atoms with E-state index >= 15 is 0 Å². The van der Waals surface area contributed by atoms with Gasteiger partial charge in [-0.25, -0.2) is 0 Å². The third-order valence-corrected chi connectivity index (χ3v) is 3.29. The number of ether oxygens (including phenoxy) is 1. The zero-order valence-corrected chi connectivity index (χ0v) is 10.4. The summed E-state index contributed by atoms with van der Waals surface area (Å²) >= 11 is 14.9. The van der Waals surface area contributed by atoms with Gasteiger partial charge in [0.2, 0.25) is 0 Å². The lowest BCUT2D eigenvalue weighted by Gasteiger charge is -2.08. The van der Waals surface area contributed by atoms with Crippen molar-refractivity contribution >= 4 is 45.1 Å². The largest absolute Gasteiger partial charge is 0.468 e. The van der Waals surface area contributed by atoms with Crippen LogP contribution in [0.5, 0.6) is 0 Å². The van der Waals surface area contributed by atoms with Crippen molar-refractivity contribution in [2.24, 2.45) is 0 Å². The number of methoxy groups -OCH3 is 1. The summed E-state index contributed by atoms with van der Waals surface area (Å²) in [6, 6.07) is 5.04. The predicted molar refractivity (Wildman–Crippen MR) is 59.8 cm³/mol. The van der Waals surface area contributed by atoms with Gasteiger partial charge in [0.1, 0.15) is 0 Å². The lowest BCUT2D eigenvalue weighted by atomic mass is 10.1. The molecule has 1 rings (SSSR count). The van der Waals surface area contributed by atoms with Crippen molar-refractivity contribution in [2.45, 2.75) is 5.38 Å². The average molecular weight is 298 g/mol. The highest BCUT2D eigenvalue weighted by molar-refractivity contribution is 9.10. The topological polar surface area (TPSA) is 26.3 Å². The molecule has 0 saturated heterocycles. The van der Waals surface area contributed by atoms with Crippen LogP contribution in [0.25, 0.3) is 0 Å². The molecule has 0 fully saturated rings. The minimum atomic E-state index is -0.798. The third-order valence-electron chi connectivity index (χ3n) is 1.64. The van der Waals surface area contributed by atoms with Crippen molar-refractivity contribution in [3.05, 3.63) is 33.3 Å². The smallest absolute Gasteiger partial charge is 0.328 e. The van der Waals surface area contributed by atoms with Gasteiger partial charge < -0.3 is 4.74 Å². The summed E-state index contributed by atoms with van der Waals surface area (Å²) in [7, 11) is 1.29. The maximum atomic E-state index is 11.1. The Morgan fingerprint density at radius 3 is 2.71 bits per heavy atom. The first-order valence-electron chi connectivity index (χ1n) is 3.73. The summed E-state index contributed by atoms with van der Waals surface area (Å²) in [5.74, 6) is -0.485. The van der Waals surface area contributed by atoms with Gasteiger partial charge in [-0.15, -0.1) is 11.6 Å². The fourth-order valence-corrected chi connectivity index (χ4v) is 1.65. The average Bonchev–Trinajstić information content (AvgIpc) is 2.20. The molecule has 0 aliphatic heterocycles. The second kappa shape index (κ2) is 5.01. The van der Waals surface area contributed by atoms with E-state index in [2.05, 4.69) is 20.7 Å². The number of alkyl halides is 1. The van der Waals surface area contributed by atoms with E-state index in [0.717, 1.165) is 0 Å². The Morgan fingerprint density at radius 1 is 1.57 bits per heavy atom. The van der Waals surface area contributed by atoms with Crippen molar-refractivity contribution < 1.29 is 9.53 Å². The molecule has 0 saturated carbocycles. The molecule has 0 aliphatic carbocycles. The first-order chi connectivity index (χ1) is 6.56. The van der Waals surface area contributed by atoms with Crippen LogP contribution in [0.3, 0.4) is 0 Å². The molecule has 5 heteroatoms. The van der Waals surface area contributed by atoms with Crippen molar-refractivity contribution in [1.29, 1.82) is 0 Å². The van der Waals surface area contributed by atoms with Gasteiger partial charge in [-0.3, -0.25) is 4.79 Å². The molecule has 0 amide bonds. The first kappa shape index (κ1) is 11.8. The Kier molecular flexibility index (Phi) is 4.23. The van der Waals surface area contributed by atoms with Crippen LogP contribution in [0.1, 0.15) is 10.9 Å². The third kappa shape index (κ3) is 2.62. The highest BCUT2D eigenvalue weighted by Crippen LogP contribution is 2.29. The van der Waals surface area contributed by atoms with Crippen LogP contribution < -0.4 is 0 Å². The molecule has 0 radical (unpaired) electrons. The van der Waals surface area contributed by atoms with Crippen LogP contribution in [-0.4, -0.2) is 13.1 Å². The fraction of sp³-hybridized carbons (Fsp3) is 0.222. The van der Waals surface area contributed by atoms with Gasteiger partial charge in [0.15, 0.2) is 5.38 Å². The van der Waals surface area contributed by atoms with Gasteiger partial charge in [-0.05, 0) is 33.6 Å². The summed E-state index contributed by atoms with van der Waals surface area (Å²) in [6.07, 6.45) is 0. The summed E-state index contributed by atoms with van der Waals surface area (Å²) < 4.78 is 5.22. The van der Waals surface area contributed by atoms with Crippen molar-refractivity contribution in [3.63, 3.8) is 0 Å². The van der Waals surface area contributed by atoms with Crippen molar-refractivity contribution in [1.82, 2.24) is 0 Å². The second-order valence-corrected chi connectivity index (χ2v) is 4.26. The van der Waals surface area contributed by atoms with Gasteiger partial charge in [-0.2, -0.15) is 0 Å². The molecule has 0 bridgehead atoms. The number of carbonyl (C=O) groups excluding carboxylic acids is 1. The number of hydrogen-bond donors (Lipinski definition) is 0. The van der Waals surface area contributed by atoms with Crippen LogP contribution in [0, 0.1) is 0 Å². The molecule has 2 nitrogen and oxygen atoms in total. The minimum absolute atomic E-state index is 0.485. The van der Waals surface area contributed by atoms with E-state index in [1.165, 1.54) is 7.11 Å². The summed E-state index contributed by atoms with van der Waals surface area (Å²) in [4.78, 5) is 11.1. The number of hydrogen-bond acceptors (Lipinski definition) is 2. The highest BCUT2D eigenvalue weighted by Gasteiger charge is 2.18. The van der Waals surface area contributed by atoms with Crippen LogP contribution in [0.2, 0.25) is 5.02 Å². The SMILES string of the molecule is COC(=O)C(Cl)c1ccc(Cl)c(Br)c1. The second-order valence-electron chi connectivity index (χ2n) is 2.56. The number of benzene rings is 1. The van der Waals surface area contributed by atoms with Gasteiger partial charge in [0, 0.05) is 4.47 Å². The fourth-order valence-electron chi connectivity index (χ4n) is 0.910. The quantitative estimate of drug-likeness (QED) is 0.616. The zero-order chi connectivity index (χ0) is 10.7. The van der Waals surface area contributed by atoms with E-state index in [-0.39, 0.29) is 0 Å². The highest BCUT2D eigenvalue weighted by atomic mass is 79.9. The summed E-state index contributed by atoms with van der Waals surface area (Å²) in [6.45, 7) is 0. The molecule has 0 aliphatic rings. The van der Waals surface area contributed by atoms with Crippen molar-refractivity contribution in [2.75, 3.05) is 7.11 Å². The van der Waals surface area contributed by atoms with Crippen molar-refractivity contribution in [3.8, 4) is 0 Å². The van der Waals surface area contributed by atoms with Crippen LogP contribution in [0.15, 0.2) is 22.7 Å². The molecule has 1 aromatic carbocycles. The van der Waals surface area contributed by atoms with Gasteiger partial charge >= 0.3 is 5.97 Å². The summed E-state index contributed by atoms with van der Waals surface area (Å²) in [5.41, 5.74) is 0.648. The van der Waals surface area contributed by atoms with E-state index < -0.39 is 11.3 Å². The van der Waals surface area contributed by atoms with E-state index in [0.29, 0.717) is 15.1 Å².